The van der Waals surface area contributed by atoms with Crippen molar-refractivity contribution < 1.29 is 9.53 Å². The molecule has 128 valence electrons. The Hall–Kier alpha value is -0.810. The molecule has 0 spiro atoms. The first kappa shape index (κ1) is 17.5. The van der Waals surface area contributed by atoms with Crippen LogP contribution >= 0.6 is 0 Å². The van der Waals surface area contributed by atoms with E-state index in [4.69, 9.17) is 4.74 Å². The van der Waals surface area contributed by atoms with Crippen molar-refractivity contribution in [3.63, 3.8) is 0 Å². The molecule has 0 radical (unpaired) electrons. The number of piperidine rings is 1. The number of unbranched alkanes of at least 4 members (excludes halogenated alkanes) is 1. The molecule has 0 aromatic carbocycles. The van der Waals surface area contributed by atoms with E-state index in [9.17, 15) is 4.79 Å². The predicted molar refractivity (Wildman–Crippen MR) is 89.1 cm³/mol. The lowest BCUT2D eigenvalue weighted by molar-refractivity contribution is 0.0724. The molecule has 0 bridgehead atoms. The molecule has 2 rings (SSSR count). The molecule has 0 saturated carbocycles. The Kier molecular flexibility index (Phi) is 7.46. The second kappa shape index (κ2) is 9.36. The van der Waals surface area contributed by atoms with Gasteiger partial charge in [0.2, 0.25) is 0 Å². The molecule has 2 saturated heterocycles. The first-order chi connectivity index (χ1) is 10.7. The van der Waals surface area contributed by atoms with Crippen LogP contribution in [0, 0.1) is 5.92 Å². The molecule has 1 amide bonds. The number of rotatable bonds is 6. The summed E-state index contributed by atoms with van der Waals surface area (Å²) < 4.78 is 5.31. The Morgan fingerprint density at radius 1 is 1.23 bits per heavy atom. The van der Waals surface area contributed by atoms with E-state index in [2.05, 4.69) is 24.1 Å². The molecule has 0 aromatic rings. The maximum absolute atomic E-state index is 12.0. The van der Waals surface area contributed by atoms with Crippen LogP contribution in [0.5, 0.6) is 0 Å². The van der Waals surface area contributed by atoms with Gasteiger partial charge in [0.05, 0.1) is 6.61 Å². The largest absolute Gasteiger partial charge is 0.449 e. The Labute approximate surface area is 135 Å². The number of hydrogen-bond acceptors (Lipinski definition) is 4. The van der Waals surface area contributed by atoms with Crippen molar-refractivity contribution in [1.82, 2.24) is 15.1 Å². The van der Waals surface area contributed by atoms with Gasteiger partial charge in [0.25, 0.3) is 0 Å². The molecule has 1 atom stereocenters. The fourth-order valence-corrected chi connectivity index (χ4v) is 3.47. The van der Waals surface area contributed by atoms with Crippen LogP contribution in [0.25, 0.3) is 0 Å². The smallest absolute Gasteiger partial charge is 0.409 e. The van der Waals surface area contributed by atoms with E-state index in [-0.39, 0.29) is 6.09 Å². The summed E-state index contributed by atoms with van der Waals surface area (Å²) in [5.74, 6) is 0.729. The summed E-state index contributed by atoms with van der Waals surface area (Å²) in [5, 5.41) is 3.49. The molecule has 2 aliphatic heterocycles. The number of likely N-dealkylation sites (tertiary alicyclic amines) is 1. The zero-order chi connectivity index (χ0) is 15.8. The fourth-order valence-electron chi connectivity index (χ4n) is 3.47. The first-order valence-electron chi connectivity index (χ1n) is 9.11. The van der Waals surface area contributed by atoms with E-state index in [0.717, 1.165) is 64.3 Å². The zero-order valence-corrected chi connectivity index (χ0v) is 14.4. The van der Waals surface area contributed by atoms with Crippen molar-refractivity contribution in [3.8, 4) is 0 Å². The predicted octanol–water partition coefficient (Wildman–Crippen LogP) is 2.32. The van der Waals surface area contributed by atoms with Crippen molar-refractivity contribution in [2.45, 2.75) is 52.0 Å². The van der Waals surface area contributed by atoms with Gasteiger partial charge >= 0.3 is 6.09 Å². The van der Waals surface area contributed by atoms with E-state index >= 15 is 0 Å². The Morgan fingerprint density at radius 2 is 2.00 bits per heavy atom. The molecule has 22 heavy (non-hydrogen) atoms. The summed E-state index contributed by atoms with van der Waals surface area (Å²) in [5.41, 5.74) is 0. The summed E-state index contributed by atoms with van der Waals surface area (Å²) in [7, 11) is 0. The van der Waals surface area contributed by atoms with Crippen LogP contribution in [0.3, 0.4) is 0 Å². The third kappa shape index (κ3) is 5.13. The molecule has 0 aliphatic carbocycles. The molecule has 0 unspecified atom stereocenters. The number of hydrogen-bond donors (Lipinski definition) is 1. The van der Waals surface area contributed by atoms with Gasteiger partial charge in [0, 0.05) is 45.3 Å². The molecule has 0 aromatic heterocycles. The Bertz CT molecular complexity index is 330. The van der Waals surface area contributed by atoms with Gasteiger partial charge in [0.1, 0.15) is 0 Å². The van der Waals surface area contributed by atoms with E-state index in [1.165, 1.54) is 13.0 Å². The number of ether oxygens (including phenoxy) is 1. The Balaban J connectivity index is 1.69. The minimum Gasteiger partial charge on any atom is -0.449 e. The van der Waals surface area contributed by atoms with Crippen molar-refractivity contribution in [1.29, 1.82) is 0 Å². The normalized spacial score (nSPS) is 24.5. The Morgan fingerprint density at radius 3 is 2.68 bits per heavy atom. The summed E-state index contributed by atoms with van der Waals surface area (Å²) in [6.07, 6.45) is 5.37. The number of amides is 1. The highest BCUT2D eigenvalue weighted by molar-refractivity contribution is 5.67. The highest BCUT2D eigenvalue weighted by Gasteiger charge is 2.28. The lowest BCUT2D eigenvalue weighted by Crippen LogP contribution is -2.53. The van der Waals surface area contributed by atoms with Crippen molar-refractivity contribution in [2.24, 2.45) is 5.92 Å². The molecule has 1 N–H and O–H groups in total. The van der Waals surface area contributed by atoms with Gasteiger partial charge in [-0.3, -0.25) is 4.90 Å². The first-order valence-corrected chi connectivity index (χ1v) is 9.11. The number of nitrogens with one attached hydrogen (secondary N) is 1. The van der Waals surface area contributed by atoms with Gasteiger partial charge in [-0.25, -0.2) is 4.79 Å². The number of carbonyl (C=O) groups is 1. The third-order valence-electron chi connectivity index (χ3n) is 5.03. The summed E-state index contributed by atoms with van der Waals surface area (Å²) in [6.45, 7) is 11.3. The monoisotopic (exact) mass is 311 g/mol. The van der Waals surface area contributed by atoms with Gasteiger partial charge in [-0.1, -0.05) is 20.3 Å². The molecular weight excluding hydrogens is 278 g/mol. The second-order valence-corrected chi connectivity index (χ2v) is 6.66. The highest BCUT2D eigenvalue weighted by Crippen LogP contribution is 2.21. The van der Waals surface area contributed by atoms with E-state index in [0.29, 0.717) is 12.6 Å². The van der Waals surface area contributed by atoms with Crippen molar-refractivity contribution >= 4 is 6.09 Å². The van der Waals surface area contributed by atoms with Crippen molar-refractivity contribution in [3.05, 3.63) is 0 Å². The number of carbonyl (C=O) groups excluding carboxylic acids is 1. The lowest BCUT2D eigenvalue weighted by Gasteiger charge is -2.40. The average Bonchev–Trinajstić information content (AvgIpc) is 2.56. The summed E-state index contributed by atoms with van der Waals surface area (Å²) in [4.78, 5) is 16.5. The van der Waals surface area contributed by atoms with Gasteiger partial charge in [-0.05, 0) is 31.6 Å². The fraction of sp³-hybridized carbons (Fsp3) is 0.941. The second-order valence-electron chi connectivity index (χ2n) is 6.66. The van der Waals surface area contributed by atoms with Gasteiger partial charge < -0.3 is 15.0 Å². The molecule has 5 nitrogen and oxygen atoms in total. The minimum absolute atomic E-state index is 0.111. The van der Waals surface area contributed by atoms with E-state index in [1.807, 2.05) is 4.90 Å². The van der Waals surface area contributed by atoms with Crippen LogP contribution < -0.4 is 5.32 Å². The standard InChI is InChI=1S/C17H33N3O2/c1-3-5-12-22-17(21)19-9-6-15(7-10-19)14-20-11-8-18-13-16(20)4-2/h15-16,18H,3-14H2,1-2H3/t16-/m0/s1. The van der Waals surface area contributed by atoms with Gasteiger partial charge in [0.15, 0.2) is 0 Å². The summed E-state index contributed by atoms with van der Waals surface area (Å²) in [6, 6.07) is 0.686. The summed E-state index contributed by atoms with van der Waals surface area (Å²) >= 11 is 0. The van der Waals surface area contributed by atoms with Crippen molar-refractivity contribution in [2.75, 3.05) is 45.9 Å². The van der Waals surface area contributed by atoms with Gasteiger partial charge in [-0.15, -0.1) is 0 Å². The van der Waals surface area contributed by atoms with Crippen LogP contribution in [-0.4, -0.2) is 67.8 Å². The molecule has 5 heteroatoms. The maximum Gasteiger partial charge on any atom is 0.409 e. The van der Waals surface area contributed by atoms with Crippen LogP contribution in [-0.2, 0) is 4.74 Å². The quantitative estimate of drug-likeness (QED) is 0.765. The maximum atomic E-state index is 12.0. The minimum atomic E-state index is -0.111. The molecule has 2 fully saturated rings. The average molecular weight is 311 g/mol. The highest BCUT2D eigenvalue weighted by atomic mass is 16.6. The van der Waals surface area contributed by atoms with Crippen LogP contribution in [0.4, 0.5) is 4.79 Å². The van der Waals surface area contributed by atoms with Crippen LogP contribution in [0.1, 0.15) is 46.0 Å². The number of piperazine rings is 1. The lowest BCUT2D eigenvalue weighted by atomic mass is 9.95. The van der Waals surface area contributed by atoms with E-state index < -0.39 is 0 Å². The van der Waals surface area contributed by atoms with Crippen LogP contribution in [0.2, 0.25) is 0 Å². The molecular formula is C17H33N3O2. The zero-order valence-electron chi connectivity index (χ0n) is 14.4. The topological polar surface area (TPSA) is 44.8 Å². The number of nitrogens with zero attached hydrogens (tertiary/aromatic N) is 2. The SMILES string of the molecule is CCCCOC(=O)N1CCC(CN2CCNC[C@@H]2CC)CC1. The third-order valence-corrected chi connectivity index (χ3v) is 5.03. The van der Waals surface area contributed by atoms with Crippen LogP contribution in [0.15, 0.2) is 0 Å². The van der Waals surface area contributed by atoms with E-state index in [1.54, 1.807) is 0 Å². The molecule has 2 aliphatic rings. The van der Waals surface area contributed by atoms with Gasteiger partial charge in [-0.2, -0.15) is 0 Å². The molecule has 2 heterocycles.